The Morgan fingerprint density at radius 3 is 3.00 bits per heavy atom. The highest BCUT2D eigenvalue weighted by Gasteiger charge is 2.20. The van der Waals surface area contributed by atoms with Gasteiger partial charge in [0.25, 0.3) is 0 Å². The van der Waals surface area contributed by atoms with E-state index in [1.54, 1.807) is 6.20 Å². The molecule has 6 heteroatoms. The topological polar surface area (TPSA) is 69.6 Å². The van der Waals surface area contributed by atoms with E-state index in [9.17, 15) is 0 Å². The molecule has 1 atom stereocenters. The highest BCUT2D eigenvalue weighted by atomic mass is 32.1. The maximum Gasteiger partial charge on any atom is 0.131 e. The van der Waals surface area contributed by atoms with Gasteiger partial charge in [0, 0.05) is 18.9 Å². The number of hydrogen-bond donors (Lipinski definition) is 1. The van der Waals surface area contributed by atoms with Crippen LogP contribution in [-0.4, -0.2) is 19.1 Å². The Labute approximate surface area is 105 Å². The lowest BCUT2D eigenvalue weighted by Crippen LogP contribution is -2.17. The quantitative estimate of drug-likeness (QED) is 0.879. The van der Waals surface area contributed by atoms with E-state index in [2.05, 4.69) is 33.0 Å². The lowest BCUT2D eigenvalue weighted by atomic mass is 10.1. The van der Waals surface area contributed by atoms with Crippen LogP contribution in [0.3, 0.4) is 0 Å². The summed E-state index contributed by atoms with van der Waals surface area (Å²) in [5.41, 5.74) is 7.27. The van der Waals surface area contributed by atoms with Gasteiger partial charge in [0.15, 0.2) is 0 Å². The molecule has 0 spiro atoms. The molecule has 2 rings (SSSR count). The third-order valence-electron chi connectivity index (χ3n) is 2.72. The summed E-state index contributed by atoms with van der Waals surface area (Å²) in [6, 6.07) is -0.216. The zero-order valence-corrected chi connectivity index (χ0v) is 10.9. The van der Waals surface area contributed by atoms with Crippen molar-refractivity contribution in [2.24, 2.45) is 5.73 Å². The smallest absolute Gasteiger partial charge is 0.131 e. The third kappa shape index (κ3) is 2.37. The second kappa shape index (κ2) is 5.37. The molecule has 2 aromatic heterocycles. The summed E-state index contributed by atoms with van der Waals surface area (Å²) in [6.07, 6.45) is 5.70. The molecule has 1 unspecified atom stereocenters. The molecule has 0 saturated heterocycles. The van der Waals surface area contributed by atoms with Crippen LogP contribution in [0, 0.1) is 0 Å². The van der Waals surface area contributed by atoms with Crippen molar-refractivity contribution < 1.29 is 0 Å². The van der Waals surface area contributed by atoms with E-state index in [0.717, 1.165) is 35.8 Å². The van der Waals surface area contributed by atoms with Gasteiger partial charge < -0.3 is 10.3 Å². The molecule has 17 heavy (non-hydrogen) atoms. The van der Waals surface area contributed by atoms with Crippen LogP contribution >= 0.6 is 11.5 Å². The normalized spacial score (nSPS) is 12.9. The molecule has 2 aromatic rings. The van der Waals surface area contributed by atoms with Gasteiger partial charge in [0.1, 0.15) is 11.9 Å². The number of nitrogens with two attached hydrogens (primary N) is 1. The fourth-order valence-corrected chi connectivity index (χ4v) is 2.54. The highest BCUT2D eigenvalue weighted by Crippen LogP contribution is 2.24. The molecular formula is C11H17N5S. The second-order valence-electron chi connectivity index (χ2n) is 3.88. The fourth-order valence-electron chi connectivity index (χ4n) is 1.85. The Hall–Kier alpha value is -1.27. The average Bonchev–Trinajstić information content (AvgIpc) is 2.96. The maximum absolute atomic E-state index is 6.26. The van der Waals surface area contributed by atoms with Crippen LogP contribution in [0.4, 0.5) is 0 Å². The first-order valence-corrected chi connectivity index (χ1v) is 6.63. The predicted octanol–water partition coefficient (Wildman–Crippen LogP) is 1.76. The van der Waals surface area contributed by atoms with E-state index >= 15 is 0 Å². The zero-order valence-electron chi connectivity index (χ0n) is 10.1. The van der Waals surface area contributed by atoms with Crippen LogP contribution < -0.4 is 5.73 Å². The van der Waals surface area contributed by atoms with Crippen molar-refractivity contribution in [3.63, 3.8) is 0 Å². The first-order valence-electron chi connectivity index (χ1n) is 5.85. The van der Waals surface area contributed by atoms with E-state index in [-0.39, 0.29) is 6.04 Å². The molecule has 0 fully saturated rings. The van der Waals surface area contributed by atoms with Crippen LogP contribution in [0.25, 0.3) is 0 Å². The van der Waals surface area contributed by atoms with Gasteiger partial charge in [-0.15, -0.1) is 5.10 Å². The van der Waals surface area contributed by atoms with Gasteiger partial charge in [-0.2, -0.15) is 0 Å². The lowest BCUT2D eigenvalue weighted by Gasteiger charge is -2.11. The van der Waals surface area contributed by atoms with Crippen molar-refractivity contribution >= 4 is 11.5 Å². The standard InChI is InChI=1S/C11H17N5S/c1-3-5-8-10(17-15-14-8)9(12)11-13-6-7-16(11)4-2/h6-7,9H,3-5,12H2,1-2H3. The van der Waals surface area contributed by atoms with Crippen molar-refractivity contribution in [1.29, 1.82) is 0 Å². The van der Waals surface area contributed by atoms with E-state index in [1.165, 1.54) is 11.5 Å². The minimum Gasteiger partial charge on any atom is -0.334 e. The summed E-state index contributed by atoms with van der Waals surface area (Å²) in [7, 11) is 0. The zero-order chi connectivity index (χ0) is 12.3. The molecule has 0 saturated carbocycles. The monoisotopic (exact) mass is 251 g/mol. The molecule has 0 bridgehead atoms. The average molecular weight is 251 g/mol. The summed E-state index contributed by atoms with van der Waals surface area (Å²) in [4.78, 5) is 5.37. The SMILES string of the molecule is CCCc1nnsc1C(N)c1nccn1CC. The molecule has 0 aliphatic carbocycles. The van der Waals surface area contributed by atoms with E-state index in [0.29, 0.717) is 0 Å². The first kappa shape index (κ1) is 12.2. The Kier molecular flexibility index (Phi) is 3.86. The van der Waals surface area contributed by atoms with Gasteiger partial charge in [-0.1, -0.05) is 17.8 Å². The van der Waals surface area contributed by atoms with Crippen LogP contribution in [0.15, 0.2) is 12.4 Å². The molecule has 0 amide bonds. The van der Waals surface area contributed by atoms with Crippen molar-refractivity contribution in [3.05, 3.63) is 28.8 Å². The van der Waals surface area contributed by atoms with Crippen LogP contribution in [-0.2, 0) is 13.0 Å². The van der Waals surface area contributed by atoms with Gasteiger partial charge in [-0.25, -0.2) is 4.98 Å². The van der Waals surface area contributed by atoms with Crippen molar-refractivity contribution in [2.75, 3.05) is 0 Å². The number of imidazole rings is 1. The molecule has 0 aliphatic heterocycles. The van der Waals surface area contributed by atoms with Gasteiger partial charge in [0.05, 0.1) is 10.6 Å². The Morgan fingerprint density at radius 2 is 2.29 bits per heavy atom. The number of aryl methyl sites for hydroxylation is 2. The molecule has 0 aliphatic rings. The Bertz CT molecular complexity index is 476. The summed E-state index contributed by atoms with van der Waals surface area (Å²) >= 11 is 1.38. The fraction of sp³-hybridized carbons (Fsp3) is 0.545. The van der Waals surface area contributed by atoms with Gasteiger partial charge in [0.2, 0.25) is 0 Å². The molecule has 2 N–H and O–H groups in total. The predicted molar refractivity (Wildman–Crippen MR) is 67.8 cm³/mol. The van der Waals surface area contributed by atoms with Gasteiger partial charge >= 0.3 is 0 Å². The molecule has 2 heterocycles. The second-order valence-corrected chi connectivity index (χ2v) is 4.67. The molecule has 92 valence electrons. The Balaban J connectivity index is 2.30. The van der Waals surface area contributed by atoms with Crippen molar-refractivity contribution in [3.8, 4) is 0 Å². The van der Waals surface area contributed by atoms with E-state index < -0.39 is 0 Å². The van der Waals surface area contributed by atoms with Crippen LogP contribution in [0.1, 0.15) is 42.7 Å². The third-order valence-corrected chi connectivity index (χ3v) is 3.57. The summed E-state index contributed by atoms with van der Waals surface area (Å²) < 4.78 is 6.06. The minimum atomic E-state index is -0.216. The number of hydrogen-bond acceptors (Lipinski definition) is 5. The summed E-state index contributed by atoms with van der Waals surface area (Å²) in [5.74, 6) is 0.885. The highest BCUT2D eigenvalue weighted by molar-refractivity contribution is 7.05. The van der Waals surface area contributed by atoms with Crippen molar-refractivity contribution in [2.45, 2.75) is 39.3 Å². The van der Waals surface area contributed by atoms with E-state index in [1.807, 2.05) is 6.20 Å². The minimum absolute atomic E-state index is 0.216. The van der Waals surface area contributed by atoms with Crippen LogP contribution in [0.5, 0.6) is 0 Å². The summed E-state index contributed by atoms with van der Waals surface area (Å²) in [6.45, 7) is 5.08. The van der Waals surface area contributed by atoms with E-state index in [4.69, 9.17) is 5.73 Å². The largest absolute Gasteiger partial charge is 0.334 e. The number of nitrogens with zero attached hydrogens (tertiary/aromatic N) is 4. The lowest BCUT2D eigenvalue weighted by molar-refractivity contribution is 0.656. The molecular weight excluding hydrogens is 234 g/mol. The first-order chi connectivity index (χ1) is 8.27. The number of rotatable bonds is 5. The van der Waals surface area contributed by atoms with Gasteiger partial charge in [-0.3, -0.25) is 0 Å². The van der Waals surface area contributed by atoms with Gasteiger partial charge in [-0.05, 0) is 24.9 Å². The number of aromatic nitrogens is 4. The molecule has 5 nitrogen and oxygen atoms in total. The Morgan fingerprint density at radius 1 is 1.47 bits per heavy atom. The molecule has 0 radical (unpaired) electrons. The maximum atomic E-state index is 6.26. The molecule has 0 aromatic carbocycles. The summed E-state index contributed by atoms with van der Waals surface area (Å²) in [5, 5.41) is 4.14. The van der Waals surface area contributed by atoms with Crippen molar-refractivity contribution in [1.82, 2.24) is 19.1 Å². The van der Waals surface area contributed by atoms with Crippen LogP contribution in [0.2, 0.25) is 0 Å².